The Morgan fingerprint density at radius 2 is 2.00 bits per heavy atom. The molecule has 0 unspecified atom stereocenters. The average molecular weight is 336 g/mol. The maximum absolute atomic E-state index is 11.9. The summed E-state index contributed by atoms with van der Waals surface area (Å²) in [6.07, 6.45) is -0.223. The lowest BCUT2D eigenvalue weighted by Crippen LogP contribution is -2.39. The van der Waals surface area contributed by atoms with Crippen molar-refractivity contribution < 1.29 is 19.4 Å². The van der Waals surface area contributed by atoms with Gasteiger partial charge in [-0.3, -0.25) is 4.90 Å². The number of rotatable bonds is 1. The van der Waals surface area contributed by atoms with Gasteiger partial charge in [-0.25, -0.2) is 4.79 Å². The lowest BCUT2D eigenvalue weighted by Gasteiger charge is -2.34. The van der Waals surface area contributed by atoms with Crippen molar-refractivity contribution in [3.8, 4) is 11.5 Å². The normalized spacial score (nSPS) is 18.4. The number of ether oxygens (including phenoxy) is 2. The minimum absolute atomic E-state index is 0.198. The number of carboxylic acid groups (broad SMARTS) is 1. The fourth-order valence-electron chi connectivity index (χ4n) is 3.88. The molecular formula is C19H16N2O4. The van der Waals surface area contributed by atoms with E-state index in [0.29, 0.717) is 24.5 Å². The van der Waals surface area contributed by atoms with Crippen molar-refractivity contribution in [1.82, 2.24) is 9.88 Å². The van der Waals surface area contributed by atoms with E-state index in [1.165, 1.54) is 10.5 Å². The highest BCUT2D eigenvalue weighted by Crippen LogP contribution is 2.41. The van der Waals surface area contributed by atoms with E-state index < -0.39 is 6.09 Å². The van der Waals surface area contributed by atoms with E-state index in [4.69, 9.17) is 9.47 Å². The third-order valence-corrected chi connectivity index (χ3v) is 4.99. The summed E-state index contributed by atoms with van der Waals surface area (Å²) in [4.78, 5) is 16.8. The molecule has 0 radical (unpaired) electrons. The van der Waals surface area contributed by atoms with Gasteiger partial charge in [0, 0.05) is 23.1 Å². The standard InChI is InChI=1S/C19H16N2O4/c22-19(23)21-8-7-13-12-3-1-2-4-14(12)20-17(13)18(21)11-5-6-15-16(9-11)25-10-24-15/h1-6,9,18,20H,7-8,10H2,(H,22,23)/t18-/m1/s1. The largest absolute Gasteiger partial charge is 0.465 e. The molecule has 1 amide bonds. The van der Waals surface area contributed by atoms with Gasteiger partial charge in [0.15, 0.2) is 11.5 Å². The second-order valence-corrected chi connectivity index (χ2v) is 6.30. The molecule has 6 heteroatoms. The summed E-state index contributed by atoms with van der Waals surface area (Å²) in [5.74, 6) is 1.35. The summed E-state index contributed by atoms with van der Waals surface area (Å²) in [6, 6.07) is 13.3. The minimum atomic E-state index is -0.924. The molecule has 3 aromatic rings. The Bertz CT molecular complexity index is 994. The highest BCUT2D eigenvalue weighted by molar-refractivity contribution is 5.86. The molecule has 25 heavy (non-hydrogen) atoms. The van der Waals surface area contributed by atoms with Crippen molar-refractivity contribution in [1.29, 1.82) is 0 Å². The molecule has 0 aliphatic carbocycles. The van der Waals surface area contributed by atoms with Gasteiger partial charge in [-0.2, -0.15) is 0 Å². The van der Waals surface area contributed by atoms with Crippen LogP contribution in [0.25, 0.3) is 10.9 Å². The van der Waals surface area contributed by atoms with Crippen LogP contribution in [0.4, 0.5) is 4.79 Å². The first-order valence-corrected chi connectivity index (χ1v) is 8.21. The molecule has 2 aliphatic rings. The molecule has 6 nitrogen and oxygen atoms in total. The molecule has 126 valence electrons. The number of fused-ring (bicyclic) bond motifs is 4. The zero-order valence-corrected chi connectivity index (χ0v) is 13.4. The second-order valence-electron chi connectivity index (χ2n) is 6.30. The fraction of sp³-hybridized carbons (Fsp3) is 0.211. The first-order valence-electron chi connectivity index (χ1n) is 8.21. The van der Waals surface area contributed by atoms with Gasteiger partial charge in [0.2, 0.25) is 6.79 Å². The Labute approximate surface area is 143 Å². The van der Waals surface area contributed by atoms with Crippen molar-refractivity contribution in [2.45, 2.75) is 12.5 Å². The monoisotopic (exact) mass is 336 g/mol. The fourth-order valence-corrected chi connectivity index (χ4v) is 3.88. The molecular weight excluding hydrogens is 320 g/mol. The van der Waals surface area contributed by atoms with Crippen LogP contribution in [0, 0.1) is 0 Å². The first kappa shape index (κ1) is 14.2. The van der Waals surface area contributed by atoms with Gasteiger partial charge < -0.3 is 19.6 Å². The number of H-pyrrole nitrogens is 1. The van der Waals surface area contributed by atoms with Crippen molar-refractivity contribution >= 4 is 17.0 Å². The van der Waals surface area contributed by atoms with Gasteiger partial charge >= 0.3 is 6.09 Å². The van der Waals surface area contributed by atoms with E-state index in [9.17, 15) is 9.90 Å². The number of carbonyl (C=O) groups is 1. The first-order chi connectivity index (χ1) is 12.2. The predicted molar refractivity (Wildman–Crippen MR) is 91.1 cm³/mol. The number of nitrogens with one attached hydrogen (secondary N) is 1. The van der Waals surface area contributed by atoms with Crippen LogP contribution >= 0.6 is 0 Å². The number of hydrogen-bond donors (Lipinski definition) is 2. The Morgan fingerprint density at radius 1 is 1.16 bits per heavy atom. The Balaban J connectivity index is 1.71. The number of amides is 1. The quantitative estimate of drug-likeness (QED) is 0.713. The Morgan fingerprint density at radius 3 is 2.88 bits per heavy atom. The zero-order valence-electron chi connectivity index (χ0n) is 13.4. The van der Waals surface area contributed by atoms with Gasteiger partial charge in [-0.05, 0) is 35.7 Å². The third-order valence-electron chi connectivity index (χ3n) is 4.99. The number of hydrogen-bond acceptors (Lipinski definition) is 3. The number of aromatic nitrogens is 1. The van der Waals surface area contributed by atoms with Crippen molar-refractivity contribution in [2.24, 2.45) is 0 Å². The Kier molecular flexibility index (Phi) is 2.94. The van der Waals surface area contributed by atoms with E-state index in [1.807, 2.05) is 36.4 Å². The van der Waals surface area contributed by atoms with E-state index in [2.05, 4.69) is 11.1 Å². The van der Waals surface area contributed by atoms with Crippen molar-refractivity contribution in [2.75, 3.05) is 13.3 Å². The summed E-state index contributed by atoms with van der Waals surface area (Å²) in [5.41, 5.74) is 4.04. The van der Waals surface area contributed by atoms with E-state index in [-0.39, 0.29) is 12.8 Å². The summed E-state index contributed by atoms with van der Waals surface area (Å²) in [5, 5.41) is 10.9. The minimum Gasteiger partial charge on any atom is -0.465 e. The predicted octanol–water partition coefficient (Wildman–Crippen LogP) is 3.52. The van der Waals surface area contributed by atoms with Crippen LogP contribution in [0.15, 0.2) is 42.5 Å². The highest BCUT2D eigenvalue weighted by atomic mass is 16.7. The topological polar surface area (TPSA) is 74.8 Å². The SMILES string of the molecule is O=C(O)N1CCc2c([nH]c3ccccc23)[C@H]1c1ccc2c(c1)OCO2. The molecule has 2 aliphatic heterocycles. The molecule has 0 saturated carbocycles. The lowest BCUT2D eigenvalue weighted by atomic mass is 9.92. The molecule has 0 bridgehead atoms. The van der Waals surface area contributed by atoms with E-state index in [0.717, 1.165) is 22.2 Å². The van der Waals surface area contributed by atoms with E-state index in [1.54, 1.807) is 0 Å². The van der Waals surface area contributed by atoms with Crippen LogP contribution in [0.2, 0.25) is 0 Å². The van der Waals surface area contributed by atoms with Crippen LogP contribution in [0.5, 0.6) is 11.5 Å². The van der Waals surface area contributed by atoms with Crippen LogP contribution < -0.4 is 9.47 Å². The molecule has 2 aromatic carbocycles. The molecule has 1 aromatic heterocycles. The lowest BCUT2D eigenvalue weighted by molar-refractivity contribution is 0.128. The third kappa shape index (κ3) is 2.07. The summed E-state index contributed by atoms with van der Waals surface area (Å²) in [6.45, 7) is 0.660. The summed E-state index contributed by atoms with van der Waals surface area (Å²) in [7, 11) is 0. The zero-order chi connectivity index (χ0) is 17.0. The van der Waals surface area contributed by atoms with Crippen LogP contribution in [-0.4, -0.2) is 34.4 Å². The smallest absolute Gasteiger partial charge is 0.408 e. The number of para-hydroxylation sites is 1. The molecule has 0 saturated heterocycles. The van der Waals surface area contributed by atoms with Crippen molar-refractivity contribution in [3.05, 3.63) is 59.3 Å². The maximum atomic E-state index is 11.9. The molecule has 0 fully saturated rings. The Hall–Kier alpha value is -3.15. The highest BCUT2D eigenvalue weighted by Gasteiger charge is 2.35. The molecule has 3 heterocycles. The molecule has 0 spiro atoms. The summed E-state index contributed by atoms with van der Waals surface area (Å²) >= 11 is 0. The van der Waals surface area contributed by atoms with Crippen LogP contribution in [0.3, 0.4) is 0 Å². The molecule has 2 N–H and O–H groups in total. The molecule has 1 atom stereocenters. The second kappa shape index (κ2) is 5.17. The number of benzene rings is 2. The maximum Gasteiger partial charge on any atom is 0.408 e. The van der Waals surface area contributed by atoms with Crippen molar-refractivity contribution in [3.63, 3.8) is 0 Å². The molecule has 5 rings (SSSR count). The van der Waals surface area contributed by atoms with Crippen LogP contribution in [0.1, 0.15) is 22.9 Å². The summed E-state index contributed by atoms with van der Waals surface area (Å²) < 4.78 is 10.8. The van der Waals surface area contributed by atoms with Gasteiger partial charge in [-0.15, -0.1) is 0 Å². The number of nitrogens with zero attached hydrogens (tertiary/aromatic N) is 1. The van der Waals surface area contributed by atoms with Gasteiger partial charge in [0.1, 0.15) is 6.04 Å². The average Bonchev–Trinajstić information content (AvgIpc) is 3.24. The van der Waals surface area contributed by atoms with Gasteiger partial charge in [0.05, 0.1) is 0 Å². The van der Waals surface area contributed by atoms with E-state index >= 15 is 0 Å². The van der Waals surface area contributed by atoms with Crippen LogP contribution in [-0.2, 0) is 6.42 Å². The van der Waals surface area contributed by atoms with Gasteiger partial charge in [0.25, 0.3) is 0 Å². The number of aromatic amines is 1. The van der Waals surface area contributed by atoms with Gasteiger partial charge in [-0.1, -0.05) is 24.3 Å².